The van der Waals surface area contributed by atoms with Crippen LogP contribution in [0.15, 0.2) is 18.2 Å². The van der Waals surface area contributed by atoms with Crippen LogP contribution in [0.25, 0.3) is 0 Å². The molecule has 0 spiro atoms. The molecule has 1 fully saturated rings. The van der Waals surface area contributed by atoms with Crippen LogP contribution in [0, 0.1) is 18.3 Å². The highest BCUT2D eigenvalue weighted by Gasteiger charge is 2.27. The Morgan fingerprint density at radius 3 is 2.55 bits per heavy atom. The smallest absolute Gasteiger partial charge is 0.0396 e. The standard InChI is InChI=1S/C18H30N2/c1-14-12-15(13-19)7-8-17(14)20-10-5-6-16(9-11-20)18(2,3)4/h7-8,12,16H,5-6,9-11,13,19H2,1-4H3. The van der Waals surface area contributed by atoms with E-state index in [1.54, 1.807) is 0 Å². The molecule has 1 atom stereocenters. The number of nitrogens with two attached hydrogens (primary N) is 1. The third kappa shape index (κ3) is 3.54. The molecule has 1 aromatic carbocycles. The minimum absolute atomic E-state index is 0.439. The topological polar surface area (TPSA) is 29.3 Å². The van der Waals surface area contributed by atoms with Gasteiger partial charge in [0.25, 0.3) is 0 Å². The van der Waals surface area contributed by atoms with Crippen molar-refractivity contribution in [2.45, 2.75) is 53.5 Å². The Bertz CT molecular complexity index is 445. The fourth-order valence-electron chi connectivity index (χ4n) is 3.40. The largest absolute Gasteiger partial charge is 0.371 e. The molecule has 2 heteroatoms. The van der Waals surface area contributed by atoms with Crippen molar-refractivity contribution in [3.8, 4) is 0 Å². The molecule has 1 aliphatic heterocycles. The molecule has 0 aliphatic carbocycles. The Labute approximate surface area is 124 Å². The first kappa shape index (κ1) is 15.4. The first-order chi connectivity index (χ1) is 9.41. The fourth-order valence-corrected chi connectivity index (χ4v) is 3.40. The highest BCUT2D eigenvalue weighted by molar-refractivity contribution is 5.54. The van der Waals surface area contributed by atoms with E-state index in [1.807, 2.05) is 0 Å². The summed E-state index contributed by atoms with van der Waals surface area (Å²) in [5, 5.41) is 0. The Hall–Kier alpha value is -1.02. The lowest BCUT2D eigenvalue weighted by molar-refractivity contribution is 0.220. The predicted molar refractivity (Wildman–Crippen MR) is 88.1 cm³/mol. The molecule has 0 bridgehead atoms. The van der Waals surface area contributed by atoms with Crippen molar-refractivity contribution in [1.82, 2.24) is 0 Å². The summed E-state index contributed by atoms with van der Waals surface area (Å²) < 4.78 is 0. The van der Waals surface area contributed by atoms with Crippen LogP contribution < -0.4 is 10.6 Å². The third-order valence-electron chi connectivity index (χ3n) is 4.79. The average Bonchev–Trinajstić information content (AvgIpc) is 2.63. The van der Waals surface area contributed by atoms with E-state index in [0.717, 1.165) is 5.92 Å². The quantitative estimate of drug-likeness (QED) is 0.879. The van der Waals surface area contributed by atoms with E-state index < -0.39 is 0 Å². The van der Waals surface area contributed by atoms with Crippen LogP contribution in [-0.4, -0.2) is 13.1 Å². The van der Waals surface area contributed by atoms with Crippen LogP contribution >= 0.6 is 0 Å². The van der Waals surface area contributed by atoms with Gasteiger partial charge in [0.05, 0.1) is 0 Å². The van der Waals surface area contributed by atoms with E-state index >= 15 is 0 Å². The fraction of sp³-hybridized carbons (Fsp3) is 0.667. The monoisotopic (exact) mass is 274 g/mol. The van der Waals surface area contributed by atoms with Gasteiger partial charge in [0.15, 0.2) is 0 Å². The van der Waals surface area contributed by atoms with Crippen LogP contribution in [0.1, 0.15) is 51.2 Å². The van der Waals surface area contributed by atoms with Crippen LogP contribution in [-0.2, 0) is 6.54 Å². The molecule has 1 aromatic rings. The molecule has 20 heavy (non-hydrogen) atoms. The van der Waals surface area contributed by atoms with E-state index in [9.17, 15) is 0 Å². The number of anilines is 1. The van der Waals surface area contributed by atoms with Crippen LogP contribution in [0.3, 0.4) is 0 Å². The van der Waals surface area contributed by atoms with E-state index in [1.165, 1.54) is 49.2 Å². The normalized spacial score (nSPS) is 20.9. The summed E-state index contributed by atoms with van der Waals surface area (Å²) in [4.78, 5) is 2.57. The molecule has 2 nitrogen and oxygen atoms in total. The second-order valence-corrected chi connectivity index (χ2v) is 7.31. The van der Waals surface area contributed by atoms with Gasteiger partial charge in [-0.3, -0.25) is 0 Å². The van der Waals surface area contributed by atoms with Gasteiger partial charge in [-0.25, -0.2) is 0 Å². The van der Waals surface area contributed by atoms with Gasteiger partial charge >= 0.3 is 0 Å². The first-order valence-electron chi connectivity index (χ1n) is 7.96. The average molecular weight is 274 g/mol. The van der Waals surface area contributed by atoms with Crippen LogP contribution in [0.4, 0.5) is 5.69 Å². The van der Waals surface area contributed by atoms with Crippen molar-refractivity contribution in [3.63, 3.8) is 0 Å². The molecule has 112 valence electrons. The molecule has 1 saturated heterocycles. The number of nitrogens with zero attached hydrogens (tertiary/aromatic N) is 1. The molecule has 0 radical (unpaired) electrons. The van der Waals surface area contributed by atoms with Gasteiger partial charge in [-0.2, -0.15) is 0 Å². The summed E-state index contributed by atoms with van der Waals surface area (Å²) in [6.45, 7) is 12.4. The zero-order valence-corrected chi connectivity index (χ0v) is 13.6. The van der Waals surface area contributed by atoms with E-state index in [0.29, 0.717) is 12.0 Å². The van der Waals surface area contributed by atoms with E-state index in [-0.39, 0.29) is 0 Å². The van der Waals surface area contributed by atoms with Crippen molar-refractivity contribution in [2.24, 2.45) is 17.1 Å². The summed E-state index contributed by atoms with van der Waals surface area (Å²) in [5.74, 6) is 0.844. The number of aryl methyl sites for hydroxylation is 1. The summed E-state index contributed by atoms with van der Waals surface area (Å²) >= 11 is 0. The maximum absolute atomic E-state index is 5.72. The maximum atomic E-state index is 5.72. The summed E-state index contributed by atoms with van der Waals surface area (Å²) in [6, 6.07) is 6.67. The summed E-state index contributed by atoms with van der Waals surface area (Å²) in [6.07, 6.45) is 3.97. The zero-order chi connectivity index (χ0) is 14.8. The van der Waals surface area contributed by atoms with E-state index in [2.05, 4.69) is 50.8 Å². The Kier molecular flexibility index (Phi) is 4.74. The summed E-state index contributed by atoms with van der Waals surface area (Å²) in [7, 11) is 0. The minimum Gasteiger partial charge on any atom is -0.371 e. The van der Waals surface area contributed by atoms with Gasteiger partial charge in [-0.1, -0.05) is 32.9 Å². The van der Waals surface area contributed by atoms with Gasteiger partial charge in [0.2, 0.25) is 0 Å². The Balaban J connectivity index is 2.11. The second kappa shape index (κ2) is 6.17. The highest BCUT2D eigenvalue weighted by atomic mass is 15.1. The second-order valence-electron chi connectivity index (χ2n) is 7.31. The van der Waals surface area contributed by atoms with Crippen LogP contribution in [0.2, 0.25) is 0 Å². The van der Waals surface area contributed by atoms with Gasteiger partial charge in [-0.15, -0.1) is 0 Å². The SMILES string of the molecule is Cc1cc(CN)ccc1N1CCCC(C(C)(C)C)CC1. The molecular weight excluding hydrogens is 244 g/mol. The number of rotatable bonds is 2. The van der Waals surface area contributed by atoms with Crippen molar-refractivity contribution in [3.05, 3.63) is 29.3 Å². The van der Waals surface area contributed by atoms with E-state index in [4.69, 9.17) is 5.73 Å². The molecule has 1 unspecified atom stereocenters. The molecule has 1 aliphatic rings. The van der Waals surface area contributed by atoms with Gasteiger partial charge in [0.1, 0.15) is 0 Å². The third-order valence-corrected chi connectivity index (χ3v) is 4.79. The molecule has 1 heterocycles. The molecule has 0 aromatic heterocycles. The molecule has 2 rings (SSSR count). The Morgan fingerprint density at radius 2 is 1.95 bits per heavy atom. The summed E-state index contributed by atoms with van der Waals surface area (Å²) in [5.41, 5.74) is 10.2. The van der Waals surface area contributed by atoms with Gasteiger partial charge in [0, 0.05) is 25.3 Å². The lowest BCUT2D eigenvalue weighted by atomic mass is 9.77. The van der Waals surface area contributed by atoms with Crippen molar-refractivity contribution < 1.29 is 0 Å². The van der Waals surface area contributed by atoms with Crippen molar-refractivity contribution in [1.29, 1.82) is 0 Å². The zero-order valence-electron chi connectivity index (χ0n) is 13.6. The first-order valence-corrected chi connectivity index (χ1v) is 7.96. The highest BCUT2D eigenvalue weighted by Crippen LogP contribution is 2.35. The predicted octanol–water partition coefficient (Wildman–Crippen LogP) is 4.11. The lowest BCUT2D eigenvalue weighted by Crippen LogP contribution is -2.26. The van der Waals surface area contributed by atoms with Crippen molar-refractivity contribution in [2.75, 3.05) is 18.0 Å². The lowest BCUT2D eigenvalue weighted by Gasteiger charge is -2.30. The number of benzene rings is 1. The molecular formula is C18H30N2. The van der Waals surface area contributed by atoms with Crippen LogP contribution in [0.5, 0.6) is 0 Å². The number of hydrogen-bond acceptors (Lipinski definition) is 2. The maximum Gasteiger partial charge on any atom is 0.0396 e. The molecule has 0 saturated carbocycles. The number of hydrogen-bond donors (Lipinski definition) is 1. The molecule has 0 amide bonds. The van der Waals surface area contributed by atoms with Gasteiger partial charge < -0.3 is 10.6 Å². The molecule has 2 N–H and O–H groups in total. The van der Waals surface area contributed by atoms with Crippen molar-refractivity contribution >= 4 is 5.69 Å². The minimum atomic E-state index is 0.439. The Morgan fingerprint density at radius 1 is 1.20 bits per heavy atom. The van der Waals surface area contributed by atoms with Gasteiger partial charge in [-0.05, 0) is 54.7 Å².